The van der Waals surface area contributed by atoms with E-state index in [1.807, 2.05) is 0 Å². The molecule has 1 aliphatic rings. The van der Waals surface area contributed by atoms with Gasteiger partial charge in [0.25, 0.3) is 0 Å². The van der Waals surface area contributed by atoms with E-state index < -0.39 is 0 Å². The Balaban J connectivity index is 1.99. The van der Waals surface area contributed by atoms with E-state index >= 15 is 0 Å². The Morgan fingerprint density at radius 3 is 2.64 bits per heavy atom. The minimum Gasteiger partial charge on any atom is -0.317 e. The zero-order valence-electron chi connectivity index (χ0n) is 8.92. The Hall–Kier alpha value is -0.820. The van der Waals surface area contributed by atoms with Crippen molar-refractivity contribution >= 4 is 0 Å². The van der Waals surface area contributed by atoms with Gasteiger partial charge < -0.3 is 5.32 Å². The molecule has 76 valence electrons. The maximum absolute atomic E-state index is 3.42. The van der Waals surface area contributed by atoms with E-state index in [4.69, 9.17) is 0 Å². The minimum atomic E-state index is 0.900. The molecule has 2 rings (SSSR count). The van der Waals surface area contributed by atoms with Gasteiger partial charge in [-0.25, -0.2) is 0 Å². The van der Waals surface area contributed by atoms with Crippen LogP contribution in [-0.4, -0.2) is 13.1 Å². The van der Waals surface area contributed by atoms with Crippen LogP contribution in [-0.2, 0) is 6.42 Å². The number of benzene rings is 1. The first-order chi connectivity index (χ1) is 6.86. The Morgan fingerprint density at radius 2 is 1.93 bits per heavy atom. The topological polar surface area (TPSA) is 12.0 Å². The molecule has 14 heavy (non-hydrogen) atoms. The standard InChI is InChI=1S/C13H19N/c1-11-4-2-3-5-13(11)10-12-6-8-14-9-7-12/h2-5,12,14H,6-10H2,1H3. The van der Waals surface area contributed by atoms with E-state index in [9.17, 15) is 0 Å². The van der Waals surface area contributed by atoms with Gasteiger partial charge in [0.05, 0.1) is 0 Å². The van der Waals surface area contributed by atoms with E-state index in [1.165, 1.54) is 37.9 Å². The molecule has 1 saturated heterocycles. The first kappa shape index (κ1) is 9.72. The number of piperidine rings is 1. The lowest BCUT2D eigenvalue weighted by Crippen LogP contribution is -2.28. The highest BCUT2D eigenvalue weighted by Gasteiger charge is 2.13. The van der Waals surface area contributed by atoms with Gasteiger partial charge in [-0.05, 0) is 56.3 Å². The van der Waals surface area contributed by atoms with Crippen LogP contribution in [0.25, 0.3) is 0 Å². The molecule has 1 aromatic carbocycles. The summed E-state index contributed by atoms with van der Waals surface area (Å²) in [6.07, 6.45) is 3.96. The monoisotopic (exact) mass is 189 g/mol. The average Bonchev–Trinajstić information content (AvgIpc) is 2.23. The maximum Gasteiger partial charge on any atom is -0.00462 e. The average molecular weight is 189 g/mol. The van der Waals surface area contributed by atoms with Crippen molar-refractivity contribution in [2.24, 2.45) is 5.92 Å². The SMILES string of the molecule is Cc1ccccc1CC1CCNCC1. The summed E-state index contributed by atoms with van der Waals surface area (Å²) in [7, 11) is 0. The van der Waals surface area contributed by atoms with E-state index in [0.717, 1.165) is 5.92 Å². The highest BCUT2D eigenvalue weighted by Crippen LogP contribution is 2.19. The normalized spacial score (nSPS) is 18.4. The minimum absolute atomic E-state index is 0.900. The van der Waals surface area contributed by atoms with Crippen LogP contribution in [0.1, 0.15) is 24.0 Å². The quantitative estimate of drug-likeness (QED) is 0.754. The van der Waals surface area contributed by atoms with Gasteiger partial charge in [0.1, 0.15) is 0 Å². The molecule has 0 atom stereocenters. The molecule has 0 bridgehead atoms. The number of hydrogen-bond acceptors (Lipinski definition) is 1. The van der Waals surface area contributed by atoms with Crippen molar-refractivity contribution in [1.29, 1.82) is 0 Å². The number of nitrogens with one attached hydrogen (secondary N) is 1. The fraction of sp³-hybridized carbons (Fsp3) is 0.538. The van der Waals surface area contributed by atoms with Crippen molar-refractivity contribution in [3.63, 3.8) is 0 Å². The molecule has 1 N–H and O–H groups in total. The van der Waals surface area contributed by atoms with Gasteiger partial charge in [0.2, 0.25) is 0 Å². The molecule has 1 nitrogen and oxygen atoms in total. The lowest BCUT2D eigenvalue weighted by molar-refractivity contribution is 0.372. The number of aryl methyl sites for hydroxylation is 1. The first-order valence-corrected chi connectivity index (χ1v) is 5.61. The maximum atomic E-state index is 3.42. The Morgan fingerprint density at radius 1 is 1.21 bits per heavy atom. The fourth-order valence-electron chi connectivity index (χ4n) is 2.24. The molecule has 1 fully saturated rings. The molecule has 1 heterocycles. The van der Waals surface area contributed by atoms with Crippen molar-refractivity contribution < 1.29 is 0 Å². The van der Waals surface area contributed by atoms with Gasteiger partial charge in [-0.1, -0.05) is 24.3 Å². The van der Waals surface area contributed by atoms with Crippen LogP contribution in [0.4, 0.5) is 0 Å². The van der Waals surface area contributed by atoms with E-state index in [-0.39, 0.29) is 0 Å². The number of rotatable bonds is 2. The van der Waals surface area contributed by atoms with Crippen LogP contribution in [0, 0.1) is 12.8 Å². The van der Waals surface area contributed by atoms with Crippen molar-refractivity contribution in [2.45, 2.75) is 26.2 Å². The van der Waals surface area contributed by atoms with E-state index in [2.05, 4.69) is 36.5 Å². The Labute approximate surface area is 86.5 Å². The number of hydrogen-bond donors (Lipinski definition) is 1. The molecular weight excluding hydrogens is 170 g/mol. The third kappa shape index (κ3) is 2.36. The second-order valence-corrected chi connectivity index (χ2v) is 4.32. The van der Waals surface area contributed by atoms with Crippen molar-refractivity contribution in [2.75, 3.05) is 13.1 Å². The molecule has 0 aliphatic carbocycles. The predicted molar refractivity (Wildman–Crippen MR) is 60.5 cm³/mol. The third-order valence-electron chi connectivity index (χ3n) is 3.23. The van der Waals surface area contributed by atoms with Gasteiger partial charge in [0.15, 0.2) is 0 Å². The Kier molecular flexibility index (Phi) is 3.20. The summed E-state index contributed by atoms with van der Waals surface area (Å²) in [5.41, 5.74) is 2.99. The summed E-state index contributed by atoms with van der Waals surface area (Å²) in [6.45, 7) is 4.63. The largest absolute Gasteiger partial charge is 0.317 e. The molecular formula is C13H19N. The molecule has 0 unspecified atom stereocenters. The zero-order valence-corrected chi connectivity index (χ0v) is 8.92. The molecule has 0 aromatic heterocycles. The molecule has 0 spiro atoms. The van der Waals surface area contributed by atoms with Gasteiger partial charge in [-0.2, -0.15) is 0 Å². The molecule has 0 radical (unpaired) electrons. The smallest absolute Gasteiger partial charge is 0.00462 e. The molecule has 1 heteroatoms. The van der Waals surface area contributed by atoms with Gasteiger partial charge in [-0.15, -0.1) is 0 Å². The van der Waals surface area contributed by atoms with E-state index in [1.54, 1.807) is 5.56 Å². The lowest BCUT2D eigenvalue weighted by atomic mass is 9.89. The second-order valence-electron chi connectivity index (χ2n) is 4.32. The Bertz CT molecular complexity index is 287. The van der Waals surface area contributed by atoms with Gasteiger partial charge >= 0.3 is 0 Å². The fourth-order valence-corrected chi connectivity index (χ4v) is 2.24. The van der Waals surface area contributed by atoms with Crippen molar-refractivity contribution in [3.05, 3.63) is 35.4 Å². The summed E-state index contributed by atoms with van der Waals surface area (Å²) in [5.74, 6) is 0.900. The zero-order chi connectivity index (χ0) is 9.80. The first-order valence-electron chi connectivity index (χ1n) is 5.61. The van der Waals surface area contributed by atoms with Crippen LogP contribution in [0.2, 0.25) is 0 Å². The highest BCUT2D eigenvalue weighted by atomic mass is 14.9. The summed E-state index contributed by atoms with van der Waals surface area (Å²) >= 11 is 0. The van der Waals surface area contributed by atoms with Crippen LogP contribution in [0.5, 0.6) is 0 Å². The summed E-state index contributed by atoms with van der Waals surface area (Å²) in [6, 6.07) is 8.78. The van der Waals surface area contributed by atoms with Gasteiger partial charge in [0, 0.05) is 0 Å². The third-order valence-corrected chi connectivity index (χ3v) is 3.23. The van der Waals surface area contributed by atoms with Crippen molar-refractivity contribution in [1.82, 2.24) is 5.32 Å². The molecule has 1 aromatic rings. The van der Waals surface area contributed by atoms with Crippen LogP contribution in [0.15, 0.2) is 24.3 Å². The van der Waals surface area contributed by atoms with Crippen LogP contribution >= 0.6 is 0 Å². The summed E-state index contributed by atoms with van der Waals surface area (Å²) in [4.78, 5) is 0. The van der Waals surface area contributed by atoms with Crippen molar-refractivity contribution in [3.8, 4) is 0 Å². The molecule has 1 aliphatic heterocycles. The highest BCUT2D eigenvalue weighted by molar-refractivity contribution is 5.25. The summed E-state index contributed by atoms with van der Waals surface area (Å²) < 4.78 is 0. The van der Waals surface area contributed by atoms with E-state index in [0.29, 0.717) is 0 Å². The van der Waals surface area contributed by atoms with Crippen LogP contribution in [0.3, 0.4) is 0 Å². The molecule has 0 amide bonds. The predicted octanol–water partition coefficient (Wildman–Crippen LogP) is 2.54. The molecule has 0 saturated carbocycles. The summed E-state index contributed by atoms with van der Waals surface area (Å²) in [5, 5.41) is 3.42. The lowest BCUT2D eigenvalue weighted by Gasteiger charge is -2.23. The van der Waals surface area contributed by atoms with Gasteiger partial charge in [-0.3, -0.25) is 0 Å². The second kappa shape index (κ2) is 4.61. The van der Waals surface area contributed by atoms with Crippen LogP contribution < -0.4 is 5.32 Å².